The van der Waals surface area contributed by atoms with Gasteiger partial charge >= 0.3 is 6.03 Å². The number of aliphatic hydroxyl groups is 1. The van der Waals surface area contributed by atoms with E-state index in [4.69, 9.17) is 5.11 Å². The summed E-state index contributed by atoms with van der Waals surface area (Å²) in [5.74, 6) is 0. The summed E-state index contributed by atoms with van der Waals surface area (Å²) >= 11 is 0. The molecule has 1 aromatic carbocycles. The van der Waals surface area contributed by atoms with Crippen LogP contribution in [-0.4, -0.2) is 35.7 Å². The van der Waals surface area contributed by atoms with Crippen LogP contribution < -0.4 is 5.32 Å². The fraction of sp³-hybridized carbons (Fsp3) is 0.588. The normalized spacial score (nSPS) is 15.2. The van der Waals surface area contributed by atoms with Crippen molar-refractivity contribution in [1.29, 1.82) is 0 Å². The average Bonchev–Trinajstić information content (AvgIpc) is 2.51. The molecular formula is C17H26N2O2. The summed E-state index contributed by atoms with van der Waals surface area (Å²) in [4.78, 5) is 13.8. The Morgan fingerprint density at radius 2 is 2.05 bits per heavy atom. The van der Waals surface area contributed by atoms with Gasteiger partial charge in [-0.2, -0.15) is 0 Å². The largest absolute Gasteiger partial charge is 0.395 e. The first kappa shape index (κ1) is 15.8. The zero-order valence-corrected chi connectivity index (χ0v) is 13.1. The van der Waals surface area contributed by atoms with Crippen molar-refractivity contribution in [3.8, 4) is 0 Å². The highest BCUT2D eigenvalue weighted by molar-refractivity contribution is 5.74. The van der Waals surface area contributed by atoms with E-state index in [1.807, 2.05) is 13.8 Å². The number of fused-ring (bicyclic) bond motifs is 1. The molecule has 0 fully saturated rings. The second-order valence-corrected chi connectivity index (χ2v) is 5.71. The van der Waals surface area contributed by atoms with Crippen LogP contribution in [0.1, 0.15) is 49.4 Å². The van der Waals surface area contributed by atoms with Gasteiger partial charge in [0.05, 0.1) is 12.6 Å². The predicted octanol–water partition coefficient (Wildman–Crippen LogP) is 2.65. The number of benzene rings is 1. The van der Waals surface area contributed by atoms with E-state index in [1.165, 1.54) is 30.4 Å². The quantitative estimate of drug-likeness (QED) is 0.876. The van der Waals surface area contributed by atoms with Gasteiger partial charge in [-0.15, -0.1) is 0 Å². The Morgan fingerprint density at radius 1 is 1.33 bits per heavy atom. The maximum atomic E-state index is 12.1. The van der Waals surface area contributed by atoms with Gasteiger partial charge in [0.25, 0.3) is 0 Å². The molecule has 2 amide bonds. The number of aliphatic hydroxyl groups excluding tert-OH is 1. The average molecular weight is 290 g/mol. The minimum atomic E-state index is -0.114. The molecule has 21 heavy (non-hydrogen) atoms. The third-order valence-corrected chi connectivity index (χ3v) is 4.25. The van der Waals surface area contributed by atoms with E-state index < -0.39 is 0 Å². The van der Waals surface area contributed by atoms with Crippen molar-refractivity contribution >= 4 is 6.03 Å². The molecule has 1 aromatic rings. The van der Waals surface area contributed by atoms with Gasteiger partial charge in [0.1, 0.15) is 0 Å². The number of hydrogen-bond donors (Lipinski definition) is 2. The Hall–Kier alpha value is -1.55. The van der Waals surface area contributed by atoms with Gasteiger partial charge in [0.2, 0.25) is 0 Å². The number of likely N-dealkylation sites (N-methyl/N-ethyl adjacent to an activating group) is 1. The molecule has 0 radical (unpaired) electrons. The number of hydrogen-bond acceptors (Lipinski definition) is 2. The fourth-order valence-electron chi connectivity index (χ4n) is 2.91. The van der Waals surface area contributed by atoms with Crippen molar-refractivity contribution in [3.05, 3.63) is 34.9 Å². The topological polar surface area (TPSA) is 52.6 Å². The lowest BCUT2D eigenvalue weighted by Crippen LogP contribution is -2.42. The Kier molecular flexibility index (Phi) is 5.62. The first-order valence-corrected chi connectivity index (χ1v) is 7.93. The third-order valence-electron chi connectivity index (χ3n) is 4.25. The van der Waals surface area contributed by atoms with Crippen LogP contribution in [0.4, 0.5) is 4.79 Å². The highest BCUT2D eigenvalue weighted by atomic mass is 16.3. The molecule has 1 aliphatic rings. The minimum Gasteiger partial charge on any atom is -0.395 e. The summed E-state index contributed by atoms with van der Waals surface area (Å²) in [6.45, 7) is 4.89. The molecule has 0 heterocycles. The van der Waals surface area contributed by atoms with E-state index in [0.717, 1.165) is 12.0 Å². The van der Waals surface area contributed by atoms with Gasteiger partial charge in [-0.3, -0.25) is 0 Å². The van der Waals surface area contributed by atoms with Crippen molar-refractivity contribution in [2.75, 3.05) is 19.7 Å². The van der Waals surface area contributed by atoms with Crippen molar-refractivity contribution < 1.29 is 9.90 Å². The van der Waals surface area contributed by atoms with E-state index in [0.29, 0.717) is 13.1 Å². The van der Waals surface area contributed by atoms with Gasteiger partial charge in [0.15, 0.2) is 0 Å². The van der Waals surface area contributed by atoms with Crippen molar-refractivity contribution in [2.24, 2.45) is 0 Å². The van der Waals surface area contributed by atoms with Crippen LogP contribution in [-0.2, 0) is 12.8 Å². The molecule has 0 saturated carbocycles. The highest BCUT2D eigenvalue weighted by Gasteiger charge is 2.16. The first-order chi connectivity index (χ1) is 10.2. The molecule has 0 bridgehead atoms. The van der Waals surface area contributed by atoms with Crippen LogP contribution in [0.3, 0.4) is 0 Å². The second kappa shape index (κ2) is 7.46. The maximum Gasteiger partial charge on any atom is 0.317 e. The summed E-state index contributed by atoms with van der Waals surface area (Å²) in [6, 6.07) is 6.44. The van der Waals surface area contributed by atoms with Crippen LogP contribution in [0.5, 0.6) is 0 Å². The van der Waals surface area contributed by atoms with Crippen molar-refractivity contribution in [3.63, 3.8) is 0 Å². The lowest BCUT2D eigenvalue weighted by Gasteiger charge is -2.24. The zero-order chi connectivity index (χ0) is 15.2. The number of nitrogens with one attached hydrogen (secondary N) is 1. The number of aryl methyl sites for hydroxylation is 2. The molecule has 116 valence electrons. The Bertz CT molecular complexity index is 488. The van der Waals surface area contributed by atoms with Crippen LogP contribution in [0, 0.1) is 0 Å². The molecule has 2 N–H and O–H groups in total. The summed E-state index contributed by atoms with van der Waals surface area (Å²) < 4.78 is 0. The third kappa shape index (κ3) is 3.97. The lowest BCUT2D eigenvalue weighted by molar-refractivity contribution is 0.178. The number of carbonyl (C=O) groups excluding carboxylic acids is 1. The Morgan fingerprint density at radius 3 is 2.71 bits per heavy atom. The molecule has 0 aromatic heterocycles. The van der Waals surface area contributed by atoms with Gasteiger partial charge in [-0.25, -0.2) is 4.79 Å². The van der Waals surface area contributed by atoms with E-state index in [2.05, 4.69) is 23.5 Å². The standard InChI is InChI=1S/C17H26N2O2/c1-3-19(10-11-20)17(21)18-13(2)15-9-8-14-6-4-5-7-16(14)12-15/h8-9,12-13,20H,3-7,10-11H2,1-2H3,(H,18,21). The van der Waals surface area contributed by atoms with Crippen LogP contribution in [0.15, 0.2) is 18.2 Å². The minimum absolute atomic E-state index is 0.00547. The smallest absolute Gasteiger partial charge is 0.317 e. The molecule has 4 nitrogen and oxygen atoms in total. The molecule has 0 aliphatic heterocycles. The molecule has 2 rings (SSSR count). The van der Waals surface area contributed by atoms with Crippen LogP contribution >= 0.6 is 0 Å². The highest BCUT2D eigenvalue weighted by Crippen LogP contribution is 2.24. The number of rotatable bonds is 5. The monoisotopic (exact) mass is 290 g/mol. The first-order valence-electron chi connectivity index (χ1n) is 7.93. The van der Waals surface area contributed by atoms with Gasteiger partial charge in [-0.1, -0.05) is 18.2 Å². The predicted molar refractivity (Wildman–Crippen MR) is 84.4 cm³/mol. The number of carbonyl (C=O) groups is 1. The Balaban J connectivity index is 2.02. The number of nitrogens with zero attached hydrogens (tertiary/aromatic N) is 1. The van der Waals surface area contributed by atoms with E-state index in [-0.39, 0.29) is 18.7 Å². The number of urea groups is 1. The zero-order valence-electron chi connectivity index (χ0n) is 13.1. The molecule has 1 aliphatic carbocycles. The van der Waals surface area contributed by atoms with Crippen LogP contribution in [0.25, 0.3) is 0 Å². The summed E-state index contributed by atoms with van der Waals surface area (Å²) in [6.07, 6.45) is 4.87. The van der Waals surface area contributed by atoms with E-state index >= 15 is 0 Å². The van der Waals surface area contributed by atoms with Gasteiger partial charge < -0.3 is 15.3 Å². The molecule has 1 unspecified atom stereocenters. The van der Waals surface area contributed by atoms with Crippen molar-refractivity contribution in [1.82, 2.24) is 10.2 Å². The fourth-order valence-corrected chi connectivity index (χ4v) is 2.91. The van der Waals surface area contributed by atoms with Gasteiger partial charge in [0, 0.05) is 13.1 Å². The Labute approximate surface area is 127 Å². The maximum absolute atomic E-state index is 12.1. The van der Waals surface area contributed by atoms with E-state index in [9.17, 15) is 4.79 Å². The molecule has 4 heteroatoms. The summed E-state index contributed by atoms with van der Waals surface area (Å²) in [5.41, 5.74) is 4.05. The molecular weight excluding hydrogens is 264 g/mol. The molecule has 1 atom stereocenters. The second-order valence-electron chi connectivity index (χ2n) is 5.71. The van der Waals surface area contributed by atoms with E-state index in [1.54, 1.807) is 4.90 Å². The molecule has 0 spiro atoms. The lowest BCUT2D eigenvalue weighted by atomic mass is 9.89. The SMILES string of the molecule is CCN(CCO)C(=O)NC(C)c1ccc2c(c1)CCCC2. The molecule has 0 saturated heterocycles. The number of amides is 2. The van der Waals surface area contributed by atoms with Crippen LogP contribution in [0.2, 0.25) is 0 Å². The van der Waals surface area contributed by atoms with Crippen molar-refractivity contribution in [2.45, 2.75) is 45.6 Å². The summed E-state index contributed by atoms with van der Waals surface area (Å²) in [7, 11) is 0. The van der Waals surface area contributed by atoms with Gasteiger partial charge in [-0.05, 0) is 56.2 Å². The summed E-state index contributed by atoms with van der Waals surface area (Å²) in [5, 5.41) is 12.0.